The SMILES string of the molecule is COc1ccc(N2C[C@H](NC(=O)c3ccc(S(=O)(=O)N4CCCCC4)cc3)CC2=O)cc1OC. The monoisotopic (exact) mass is 487 g/mol. The summed E-state index contributed by atoms with van der Waals surface area (Å²) in [4.78, 5) is 27.1. The number of hydrogen-bond donors (Lipinski definition) is 1. The summed E-state index contributed by atoms with van der Waals surface area (Å²) in [6.45, 7) is 1.37. The van der Waals surface area contributed by atoms with Crippen LogP contribution in [0.4, 0.5) is 5.69 Å². The number of hydrogen-bond acceptors (Lipinski definition) is 6. The van der Waals surface area contributed by atoms with Gasteiger partial charge in [0.05, 0.1) is 25.2 Å². The number of anilines is 1. The first-order valence-corrected chi connectivity index (χ1v) is 12.7. The lowest BCUT2D eigenvalue weighted by molar-refractivity contribution is -0.117. The molecule has 10 heteroatoms. The van der Waals surface area contributed by atoms with Crippen LogP contribution in [0.2, 0.25) is 0 Å². The highest BCUT2D eigenvalue weighted by atomic mass is 32.2. The number of piperidine rings is 1. The molecule has 9 nitrogen and oxygen atoms in total. The Balaban J connectivity index is 1.41. The van der Waals surface area contributed by atoms with Gasteiger partial charge in [-0.2, -0.15) is 4.31 Å². The summed E-state index contributed by atoms with van der Waals surface area (Å²) in [5.74, 6) is 0.614. The Bertz CT molecular complexity index is 1160. The van der Waals surface area contributed by atoms with E-state index >= 15 is 0 Å². The fourth-order valence-electron chi connectivity index (χ4n) is 4.35. The van der Waals surface area contributed by atoms with E-state index < -0.39 is 10.0 Å². The summed E-state index contributed by atoms with van der Waals surface area (Å²) < 4.78 is 37.7. The van der Waals surface area contributed by atoms with Crippen LogP contribution < -0.4 is 19.7 Å². The molecule has 0 aromatic heterocycles. The lowest BCUT2D eigenvalue weighted by atomic mass is 10.2. The highest BCUT2D eigenvalue weighted by molar-refractivity contribution is 7.89. The minimum atomic E-state index is -3.55. The van der Waals surface area contributed by atoms with Gasteiger partial charge in [-0.15, -0.1) is 0 Å². The van der Waals surface area contributed by atoms with E-state index in [9.17, 15) is 18.0 Å². The van der Waals surface area contributed by atoms with Gasteiger partial charge in [-0.25, -0.2) is 8.42 Å². The minimum Gasteiger partial charge on any atom is -0.493 e. The quantitative estimate of drug-likeness (QED) is 0.643. The number of carbonyl (C=O) groups excluding carboxylic acids is 2. The third kappa shape index (κ3) is 4.88. The largest absolute Gasteiger partial charge is 0.493 e. The van der Waals surface area contributed by atoms with Crippen molar-refractivity contribution in [1.82, 2.24) is 9.62 Å². The van der Waals surface area contributed by atoms with E-state index in [1.807, 2.05) is 0 Å². The van der Waals surface area contributed by atoms with Crippen molar-refractivity contribution < 1.29 is 27.5 Å². The predicted octanol–water partition coefficient (Wildman–Crippen LogP) is 2.41. The van der Waals surface area contributed by atoms with Crippen molar-refractivity contribution in [2.24, 2.45) is 0 Å². The van der Waals surface area contributed by atoms with Gasteiger partial charge in [0.15, 0.2) is 11.5 Å². The highest BCUT2D eigenvalue weighted by Gasteiger charge is 2.32. The molecule has 2 amide bonds. The Kier molecular flexibility index (Phi) is 7.08. The molecule has 2 heterocycles. The van der Waals surface area contributed by atoms with Gasteiger partial charge in [-0.1, -0.05) is 6.42 Å². The van der Waals surface area contributed by atoms with Gasteiger partial charge < -0.3 is 19.7 Å². The molecule has 2 aliphatic heterocycles. The fourth-order valence-corrected chi connectivity index (χ4v) is 5.87. The van der Waals surface area contributed by atoms with Crippen molar-refractivity contribution in [3.8, 4) is 11.5 Å². The van der Waals surface area contributed by atoms with Crippen molar-refractivity contribution >= 4 is 27.5 Å². The van der Waals surface area contributed by atoms with E-state index in [-0.39, 0.29) is 29.2 Å². The number of ether oxygens (including phenoxy) is 2. The molecule has 1 N–H and O–H groups in total. The van der Waals surface area contributed by atoms with Gasteiger partial charge in [-0.3, -0.25) is 9.59 Å². The molecule has 34 heavy (non-hydrogen) atoms. The normalized spacial score (nSPS) is 19.2. The Morgan fingerprint density at radius 1 is 0.971 bits per heavy atom. The van der Waals surface area contributed by atoms with Gasteiger partial charge in [0.1, 0.15) is 0 Å². The first-order chi connectivity index (χ1) is 16.3. The molecule has 1 atom stereocenters. The maximum absolute atomic E-state index is 12.8. The Morgan fingerprint density at radius 3 is 2.29 bits per heavy atom. The number of amides is 2. The zero-order chi connectivity index (χ0) is 24.3. The Morgan fingerprint density at radius 2 is 1.65 bits per heavy atom. The number of methoxy groups -OCH3 is 2. The van der Waals surface area contributed by atoms with E-state index in [0.717, 1.165) is 19.3 Å². The number of nitrogens with zero attached hydrogens (tertiary/aromatic N) is 2. The van der Waals surface area contributed by atoms with E-state index in [1.165, 1.54) is 35.7 Å². The number of nitrogens with one attached hydrogen (secondary N) is 1. The molecular formula is C24H29N3O6S. The number of benzene rings is 2. The van der Waals surface area contributed by atoms with Gasteiger partial charge in [0, 0.05) is 43.4 Å². The molecule has 2 aromatic carbocycles. The maximum Gasteiger partial charge on any atom is 0.251 e. The first kappa shape index (κ1) is 24.0. The average molecular weight is 488 g/mol. The summed E-state index contributed by atoms with van der Waals surface area (Å²) in [6, 6.07) is 10.8. The van der Waals surface area contributed by atoms with Crippen molar-refractivity contribution in [2.75, 3.05) is 38.8 Å². The summed E-state index contributed by atoms with van der Waals surface area (Å²) >= 11 is 0. The van der Waals surface area contributed by atoms with Gasteiger partial charge in [0.2, 0.25) is 15.9 Å². The van der Waals surface area contributed by atoms with Crippen LogP contribution in [0, 0.1) is 0 Å². The summed E-state index contributed by atoms with van der Waals surface area (Å²) in [7, 11) is -0.483. The third-order valence-corrected chi connectivity index (χ3v) is 8.12. The number of rotatable bonds is 7. The second kappa shape index (κ2) is 10.0. The molecule has 4 rings (SSSR count). The summed E-state index contributed by atoms with van der Waals surface area (Å²) in [6.07, 6.45) is 2.93. The molecule has 2 aromatic rings. The Hall–Kier alpha value is -3.11. The van der Waals surface area contributed by atoms with E-state index in [1.54, 1.807) is 30.2 Å². The fraction of sp³-hybridized carbons (Fsp3) is 0.417. The van der Waals surface area contributed by atoms with E-state index in [2.05, 4.69) is 5.32 Å². The molecule has 0 spiro atoms. The molecule has 2 aliphatic rings. The van der Waals surface area contributed by atoms with Gasteiger partial charge in [0.25, 0.3) is 5.91 Å². The van der Waals surface area contributed by atoms with Crippen molar-refractivity contribution in [2.45, 2.75) is 36.6 Å². The molecule has 2 fully saturated rings. The minimum absolute atomic E-state index is 0.111. The lowest BCUT2D eigenvalue weighted by Crippen LogP contribution is -2.37. The topological polar surface area (TPSA) is 105 Å². The van der Waals surface area contributed by atoms with Crippen LogP contribution in [0.5, 0.6) is 11.5 Å². The standard InChI is InChI=1S/C24H29N3O6S/c1-32-21-11-8-19(15-22(21)33-2)27-16-18(14-23(27)28)25-24(29)17-6-9-20(10-7-17)34(30,31)26-12-4-3-5-13-26/h6-11,15,18H,3-5,12-14,16H2,1-2H3,(H,25,29)/t18-/m1/s1. The second-order valence-electron chi connectivity index (χ2n) is 8.41. The average Bonchev–Trinajstić information content (AvgIpc) is 3.23. The molecule has 182 valence electrons. The molecule has 0 aliphatic carbocycles. The van der Waals surface area contributed by atoms with Crippen LogP contribution in [-0.4, -0.2) is 64.4 Å². The van der Waals surface area contributed by atoms with Crippen molar-refractivity contribution in [3.63, 3.8) is 0 Å². The summed E-state index contributed by atoms with van der Waals surface area (Å²) in [5.41, 5.74) is 1.00. The molecular weight excluding hydrogens is 458 g/mol. The second-order valence-corrected chi connectivity index (χ2v) is 10.3. The molecule has 0 saturated carbocycles. The zero-order valence-electron chi connectivity index (χ0n) is 19.3. The van der Waals surface area contributed by atoms with Crippen LogP contribution in [0.1, 0.15) is 36.0 Å². The van der Waals surface area contributed by atoms with Crippen molar-refractivity contribution in [1.29, 1.82) is 0 Å². The molecule has 0 bridgehead atoms. The van der Waals surface area contributed by atoms with E-state index in [0.29, 0.717) is 42.4 Å². The van der Waals surface area contributed by atoms with Crippen LogP contribution in [0.15, 0.2) is 47.4 Å². The van der Waals surface area contributed by atoms with E-state index in [4.69, 9.17) is 9.47 Å². The maximum atomic E-state index is 12.8. The zero-order valence-corrected chi connectivity index (χ0v) is 20.1. The van der Waals surface area contributed by atoms with Gasteiger partial charge >= 0.3 is 0 Å². The lowest BCUT2D eigenvalue weighted by Gasteiger charge is -2.25. The van der Waals surface area contributed by atoms with Crippen molar-refractivity contribution in [3.05, 3.63) is 48.0 Å². The van der Waals surface area contributed by atoms with Crippen LogP contribution in [0.3, 0.4) is 0 Å². The van der Waals surface area contributed by atoms with Crippen LogP contribution in [0.25, 0.3) is 0 Å². The smallest absolute Gasteiger partial charge is 0.251 e. The van der Waals surface area contributed by atoms with Crippen LogP contribution in [-0.2, 0) is 14.8 Å². The molecule has 2 saturated heterocycles. The number of carbonyl (C=O) groups is 2. The van der Waals surface area contributed by atoms with Crippen LogP contribution >= 0.6 is 0 Å². The number of sulfonamides is 1. The predicted molar refractivity (Wildman–Crippen MR) is 127 cm³/mol. The highest BCUT2D eigenvalue weighted by Crippen LogP contribution is 2.33. The summed E-state index contributed by atoms with van der Waals surface area (Å²) in [5, 5.41) is 2.88. The molecule has 0 unspecified atom stereocenters. The Labute approximate surface area is 199 Å². The first-order valence-electron chi connectivity index (χ1n) is 11.3. The third-order valence-electron chi connectivity index (χ3n) is 6.21. The molecule has 0 radical (unpaired) electrons. The van der Waals surface area contributed by atoms with Gasteiger partial charge in [-0.05, 0) is 49.2 Å².